The van der Waals surface area contributed by atoms with E-state index in [0.717, 1.165) is 0 Å². The lowest BCUT2D eigenvalue weighted by Crippen LogP contribution is -2.24. The number of carbonyl (C=O) groups is 2. The van der Waals surface area contributed by atoms with Crippen molar-refractivity contribution in [3.8, 4) is 0 Å². The van der Waals surface area contributed by atoms with Gasteiger partial charge in [0.1, 0.15) is 24.4 Å². The largest absolute Gasteiger partial charge is 0.356 e. The molecule has 0 radical (unpaired) electrons. The van der Waals surface area contributed by atoms with E-state index in [-0.39, 0.29) is 11.8 Å². The first-order valence-electron chi connectivity index (χ1n) is 7.43. The molecule has 0 aliphatic carbocycles. The fourth-order valence-corrected chi connectivity index (χ4v) is 2.28. The highest BCUT2D eigenvalue weighted by Crippen LogP contribution is 2.17. The van der Waals surface area contributed by atoms with Gasteiger partial charge in [0, 0.05) is 17.6 Å². The van der Waals surface area contributed by atoms with Gasteiger partial charge in [0.05, 0.1) is 5.02 Å². The first kappa shape index (κ1) is 16.7. The molecule has 0 bridgehead atoms. The van der Waals surface area contributed by atoms with Gasteiger partial charge in [-0.3, -0.25) is 9.59 Å². The van der Waals surface area contributed by atoms with Crippen molar-refractivity contribution in [2.24, 2.45) is 0 Å². The molecule has 3 rings (SSSR count). The molecule has 2 amide bonds. The minimum Gasteiger partial charge on any atom is -0.356 e. The number of hydrogen-bond donors (Lipinski definition) is 3. The lowest BCUT2D eigenvalue weighted by Gasteiger charge is -2.12. The number of rotatable bonds is 5. The van der Waals surface area contributed by atoms with Gasteiger partial charge >= 0.3 is 0 Å². The smallest absolute Gasteiger partial charge is 0.272 e. The number of amides is 2. The van der Waals surface area contributed by atoms with Gasteiger partial charge in [-0.2, -0.15) is 5.10 Å². The Morgan fingerprint density at radius 1 is 1.20 bits per heavy atom. The molecule has 128 valence electrons. The maximum absolute atomic E-state index is 12.2. The normalized spacial score (nSPS) is 11.8. The minimum atomic E-state index is -0.487. The van der Waals surface area contributed by atoms with Crippen molar-refractivity contribution < 1.29 is 9.59 Å². The average molecular weight is 359 g/mol. The van der Waals surface area contributed by atoms with Crippen molar-refractivity contribution in [1.29, 1.82) is 0 Å². The standard InChI is InChI=1S/C16H15ClN6O2/c1-10(23-9-18-8-20-23)15(24)21-12-2-4-13(5-3-12)22-16(25)14-6-11(17)7-19-14/h2-10,19H,1H3,(H,21,24)(H,22,25). The summed E-state index contributed by atoms with van der Waals surface area (Å²) in [7, 11) is 0. The number of anilines is 2. The number of halogens is 1. The molecule has 3 aromatic rings. The highest BCUT2D eigenvalue weighted by molar-refractivity contribution is 6.31. The highest BCUT2D eigenvalue weighted by Gasteiger charge is 2.15. The topological polar surface area (TPSA) is 105 Å². The monoisotopic (exact) mass is 358 g/mol. The summed E-state index contributed by atoms with van der Waals surface area (Å²) in [6.07, 6.45) is 4.39. The van der Waals surface area contributed by atoms with Crippen molar-refractivity contribution in [3.05, 3.63) is 59.9 Å². The zero-order chi connectivity index (χ0) is 17.8. The predicted octanol–water partition coefficient (Wildman–Crippen LogP) is 2.71. The summed E-state index contributed by atoms with van der Waals surface area (Å²) in [5.74, 6) is -0.521. The van der Waals surface area contributed by atoms with Crippen molar-refractivity contribution in [2.45, 2.75) is 13.0 Å². The molecular formula is C16H15ClN6O2. The first-order chi connectivity index (χ1) is 12.0. The Kier molecular flexibility index (Phi) is 4.80. The number of carbonyl (C=O) groups excluding carboxylic acids is 2. The van der Waals surface area contributed by atoms with Crippen LogP contribution in [0.4, 0.5) is 11.4 Å². The average Bonchev–Trinajstić information content (AvgIpc) is 3.27. The van der Waals surface area contributed by atoms with E-state index in [1.807, 2.05) is 0 Å². The van der Waals surface area contributed by atoms with Gasteiger partial charge < -0.3 is 15.6 Å². The zero-order valence-corrected chi connectivity index (χ0v) is 14.0. The molecule has 0 aliphatic heterocycles. The van der Waals surface area contributed by atoms with Crippen molar-refractivity contribution >= 4 is 34.8 Å². The number of nitrogens with zero attached hydrogens (tertiary/aromatic N) is 3. The number of hydrogen-bond acceptors (Lipinski definition) is 4. The quantitative estimate of drug-likeness (QED) is 0.652. The van der Waals surface area contributed by atoms with E-state index in [1.54, 1.807) is 31.2 Å². The fraction of sp³-hybridized carbons (Fsp3) is 0.125. The molecule has 8 nitrogen and oxygen atoms in total. The van der Waals surface area contributed by atoms with Crippen molar-refractivity contribution in [3.63, 3.8) is 0 Å². The van der Waals surface area contributed by atoms with Gasteiger partial charge in [-0.05, 0) is 37.3 Å². The Labute approximate surface area is 148 Å². The van der Waals surface area contributed by atoms with Crippen LogP contribution in [0.2, 0.25) is 5.02 Å². The second-order valence-corrected chi connectivity index (χ2v) is 5.74. The van der Waals surface area contributed by atoms with Crippen LogP contribution in [-0.2, 0) is 4.79 Å². The van der Waals surface area contributed by atoms with Crippen LogP contribution in [0.25, 0.3) is 0 Å². The summed E-state index contributed by atoms with van der Waals surface area (Å²) in [4.78, 5) is 30.8. The van der Waals surface area contributed by atoms with Crippen LogP contribution in [0.15, 0.2) is 49.2 Å². The minimum absolute atomic E-state index is 0.219. The van der Waals surface area contributed by atoms with E-state index in [4.69, 9.17) is 11.6 Å². The number of aromatic nitrogens is 4. The second-order valence-electron chi connectivity index (χ2n) is 5.30. The van der Waals surface area contributed by atoms with Crippen LogP contribution >= 0.6 is 11.6 Å². The zero-order valence-electron chi connectivity index (χ0n) is 13.2. The molecular weight excluding hydrogens is 344 g/mol. The molecule has 1 unspecified atom stereocenters. The maximum Gasteiger partial charge on any atom is 0.272 e. The van der Waals surface area contributed by atoms with Crippen molar-refractivity contribution in [2.75, 3.05) is 10.6 Å². The molecule has 0 spiro atoms. The van der Waals surface area contributed by atoms with E-state index in [1.165, 1.54) is 29.6 Å². The second kappa shape index (κ2) is 7.18. The summed E-state index contributed by atoms with van der Waals surface area (Å²) in [6, 6.07) is 7.83. The van der Waals surface area contributed by atoms with Crippen LogP contribution in [0.1, 0.15) is 23.5 Å². The number of benzene rings is 1. The Morgan fingerprint density at radius 3 is 2.44 bits per heavy atom. The van der Waals surface area contributed by atoms with Crippen LogP contribution in [0.5, 0.6) is 0 Å². The molecule has 25 heavy (non-hydrogen) atoms. The highest BCUT2D eigenvalue weighted by atomic mass is 35.5. The third-order valence-corrected chi connectivity index (χ3v) is 3.73. The molecule has 0 fully saturated rings. The molecule has 1 atom stereocenters. The summed E-state index contributed by atoms with van der Waals surface area (Å²) in [6.45, 7) is 1.72. The van der Waals surface area contributed by atoms with Gasteiger partial charge in [-0.15, -0.1) is 0 Å². The Hall–Kier alpha value is -3.13. The number of aromatic amines is 1. The molecule has 0 saturated heterocycles. The van der Waals surface area contributed by atoms with E-state index < -0.39 is 6.04 Å². The van der Waals surface area contributed by atoms with E-state index in [9.17, 15) is 9.59 Å². The number of H-pyrrole nitrogens is 1. The van der Waals surface area contributed by atoms with E-state index in [2.05, 4.69) is 25.7 Å². The Balaban J connectivity index is 1.60. The Morgan fingerprint density at radius 2 is 1.88 bits per heavy atom. The molecule has 3 N–H and O–H groups in total. The molecule has 2 heterocycles. The van der Waals surface area contributed by atoms with Gasteiger partial charge in [0.25, 0.3) is 5.91 Å². The fourth-order valence-electron chi connectivity index (χ4n) is 2.12. The van der Waals surface area contributed by atoms with E-state index in [0.29, 0.717) is 22.1 Å². The molecule has 0 aliphatic rings. The first-order valence-corrected chi connectivity index (χ1v) is 7.81. The lowest BCUT2D eigenvalue weighted by molar-refractivity contribution is -0.119. The SMILES string of the molecule is CC(C(=O)Nc1ccc(NC(=O)c2cc(Cl)c[nH]2)cc1)n1cncn1. The molecule has 1 aromatic carbocycles. The summed E-state index contributed by atoms with van der Waals surface area (Å²) in [5, 5.41) is 9.92. The van der Waals surface area contributed by atoms with Crippen LogP contribution in [0.3, 0.4) is 0 Å². The van der Waals surface area contributed by atoms with Crippen LogP contribution < -0.4 is 10.6 Å². The van der Waals surface area contributed by atoms with Gasteiger partial charge in [-0.1, -0.05) is 11.6 Å². The van der Waals surface area contributed by atoms with Crippen LogP contribution in [0, 0.1) is 0 Å². The van der Waals surface area contributed by atoms with Crippen LogP contribution in [-0.4, -0.2) is 31.6 Å². The third-order valence-electron chi connectivity index (χ3n) is 3.52. The lowest BCUT2D eigenvalue weighted by atomic mass is 10.2. The predicted molar refractivity (Wildman–Crippen MR) is 93.6 cm³/mol. The summed E-state index contributed by atoms with van der Waals surface area (Å²) in [5.41, 5.74) is 1.57. The number of nitrogens with one attached hydrogen (secondary N) is 3. The Bertz CT molecular complexity index is 872. The van der Waals surface area contributed by atoms with Gasteiger partial charge in [-0.25, -0.2) is 9.67 Å². The summed E-state index contributed by atoms with van der Waals surface area (Å²) < 4.78 is 1.46. The molecule has 9 heteroatoms. The molecule has 0 saturated carbocycles. The van der Waals surface area contributed by atoms with Gasteiger partial charge in [0.15, 0.2) is 0 Å². The van der Waals surface area contributed by atoms with E-state index >= 15 is 0 Å². The maximum atomic E-state index is 12.2. The third kappa shape index (κ3) is 4.04. The van der Waals surface area contributed by atoms with Gasteiger partial charge in [0.2, 0.25) is 5.91 Å². The summed E-state index contributed by atoms with van der Waals surface area (Å²) >= 11 is 5.78. The van der Waals surface area contributed by atoms with Crippen molar-refractivity contribution in [1.82, 2.24) is 19.7 Å². The molecule has 2 aromatic heterocycles.